The Balaban J connectivity index is 2.07. The second kappa shape index (κ2) is 5.69. The molecule has 1 atom stereocenters. The number of hydrogen-bond acceptors (Lipinski definition) is 4. The summed E-state index contributed by atoms with van der Waals surface area (Å²) in [5, 5.41) is 0. The number of rotatable bonds is 3. The molecule has 3 rings (SSSR count). The molecule has 0 amide bonds. The quantitative estimate of drug-likeness (QED) is 0.861. The van der Waals surface area contributed by atoms with Gasteiger partial charge < -0.3 is 19.6 Å². The molecular weight excluding hydrogens is 284 g/mol. The predicted molar refractivity (Wildman–Crippen MR) is 101 cm³/mol. The molecule has 1 unspecified atom stereocenters. The summed E-state index contributed by atoms with van der Waals surface area (Å²) >= 11 is 0. The molecule has 2 aromatic rings. The highest BCUT2D eigenvalue weighted by Gasteiger charge is 2.34. The highest BCUT2D eigenvalue weighted by Crippen LogP contribution is 2.47. The fraction of sp³-hybridized carbons (Fsp3) is 0.368. The number of para-hydroxylation sites is 1. The van der Waals surface area contributed by atoms with Gasteiger partial charge in [0.2, 0.25) is 0 Å². The van der Waals surface area contributed by atoms with E-state index in [1.165, 1.54) is 28.3 Å². The van der Waals surface area contributed by atoms with Crippen LogP contribution in [0, 0.1) is 0 Å². The van der Waals surface area contributed by atoms with Crippen LogP contribution in [0.3, 0.4) is 0 Å². The Morgan fingerprint density at radius 3 is 2.09 bits per heavy atom. The van der Waals surface area contributed by atoms with Crippen molar-refractivity contribution in [3.63, 3.8) is 0 Å². The zero-order chi connectivity index (χ0) is 16.7. The third-order valence-electron chi connectivity index (χ3n) is 4.67. The molecule has 0 aliphatic carbocycles. The van der Waals surface area contributed by atoms with Gasteiger partial charge in [-0.2, -0.15) is 0 Å². The van der Waals surface area contributed by atoms with Gasteiger partial charge in [-0.3, -0.25) is 0 Å². The zero-order valence-corrected chi connectivity index (χ0v) is 14.9. The molecule has 2 aromatic carbocycles. The number of nitrogens with zero attached hydrogens (tertiary/aromatic N) is 4. The molecule has 1 heterocycles. The highest BCUT2D eigenvalue weighted by atomic mass is 15.4. The third-order valence-corrected chi connectivity index (χ3v) is 4.67. The molecule has 0 saturated heterocycles. The van der Waals surface area contributed by atoms with E-state index in [0.717, 1.165) is 0 Å². The van der Waals surface area contributed by atoms with Crippen LogP contribution in [0.1, 0.15) is 11.7 Å². The molecule has 0 spiro atoms. The number of hydrogen-bond donors (Lipinski definition) is 0. The van der Waals surface area contributed by atoms with E-state index in [-0.39, 0.29) is 6.17 Å². The molecule has 1 aliphatic rings. The van der Waals surface area contributed by atoms with E-state index in [1.54, 1.807) is 0 Å². The Kier molecular flexibility index (Phi) is 3.84. The van der Waals surface area contributed by atoms with Gasteiger partial charge >= 0.3 is 0 Å². The van der Waals surface area contributed by atoms with Gasteiger partial charge in [0, 0.05) is 59.2 Å². The Hall–Kier alpha value is -2.36. The van der Waals surface area contributed by atoms with Gasteiger partial charge in [0.15, 0.2) is 0 Å². The average Bonchev–Trinajstić information content (AvgIpc) is 2.78. The first-order chi connectivity index (χ1) is 10.9. The lowest BCUT2D eigenvalue weighted by molar-refractivity contribution is 0.693. The van der Waals surface area contributed by atoms with Gasteiger partial charge in [-0.25, -0.2) is 0 Å². The molecule has 1 aliphatic heterocycles. The maximum Gasteiger partial charge on any atom is 0.130 e. The number of anilines is 4. The van der Waals surface area contributed by atoms with Crippen molar-refractivity contribution in [2.75, 3.05) is 61.9 Å². The maximum atomic E-state index is 2.37. The van der Waals surface area contributed by atoms with Gasteiger partial charge in [-0.15, -0.1) is 0 Å². The second-order valence-corrected chi connectivity index (χ2v) is 6.62. The van der Waals surface area contributed by atoms with Crippen molar-refractivity contribution < 1.29 is 0 Å². The van der Waals surface area contributed by atoms with E-state index >= 15 is 0 Å². The summed E-state index contributed by atoms with van der Waals surface area (Å²) < 4.78 is 0. The summed E-state index contributed by atoms with van der Waals surface area (Å²) in [6, 6.07) is 15.3. The summed E-state index contributed by atoms with van der Waals surface area (Å²) in [5.74, 6) is 0. The van der Waals surface area contributed by atoms with Crippen molar-refractivity contribution in [2.45, 2.75) is 6.17 Å². The monoisotopic (exact) mass is 310 g/mol. The van der Waals surface area contributed by atoms with Crippen molar-refractivity contribution in [1.29, 1.82) is 0 Å². The topological polar surface area (TPSA) is 13.0 Å². The van der Waals surface area contributed by atoms with Crippen LogP contribution < -0.4 is 19.6 Å². The normalized spacial score (nSPS) is 16.5. The molecule has 0 fully saturated rings. The molecular formula is C19H26N4. The lowest BCUT2D eigenvalue weighted by Gasteiger charge is -2.31. The Labute approximate surface area is 139 Å². The van der Waals surface area contributed by atoms with E-state index in [4.69, 9.17) is 0 Å². The van der Waals surface area contributed by atoms with Gasteiger partial charge in [-0.05, 0) is 24.3 Å². The van der Waals surface area contributed by atoms with E-state index in [9.17, 15) is 0 Å². The first-order valence-corrected chi connectivity index (χ1v) is 7.95. The summed E-state index contributed by atoms with van der Waals surface area (Å²) in [5.41, 5.74) is 6.36. The van der Waals surface area contributed by atoms with Crippen molar-refractivity contribution in [1.82, 2.24) is 0 Å². The van der Waals surface area contributed by atoms with Crippen molar-refractivity contribution in [3.8, 4) is 0 Å². The van der Waals surface area contributed by atoms with E-state index < -0.39 is 0 Å². The van der Waals surface area contributed by atoms with Gasteiger partial charge in [-0.1, -0.05) is 18.2 Å². The highest BCUT2D eigenvalue weighted by molar-refractivity contribution is 5.82. The van der Waals surface area contributed by atoms with Crippen LogP contribution in [-0.2, 0) is 0 Å². The van der Waals surface area contributed by atoms with Crippen molar-refractivity contribution in [3.05, 3.63) is 48.0 Å². The first kappa shape index (κ1) is 15.5. The van der Waals surface area contributed by atoms with Crippen LogP contribution in [0.5, 0.6) is 0 Å². The Bertz CT molecular complexity index is 708. The summed E-state index contributed by atoms with van der Waals surface area (Å²) in [7, 11) is 12.7. The molecule has 23 heavy (non-hydrogen) atoms. The molecule has 122 valence electrons. The van der Waals surface area contributed by atoms with Crippen LogP contribution in [0.25, 0.3) is 0 Å². The SMILES string of the molecule is CN(C)c1ccc2c(c1)N(C)C(c1ccccc1N(C)C)N2C. The van der Waals surface area contributed by atoms with E-state index in [2.05, 4.69) is 104 Å². The number of fused-ring (bicyclic) bond motifs is 1. The average molecular weight is 310 g/mol. The van der Waals surface area contributed by atoms with Crippen LogP contribution in [0.4, 0.5) is 22.7 Å². The summed E-state index contributed by atoms with van der Waals surface area (Å²) in [6.45, 7) is 0. The maximum absolute atomic E-state index is 2.37. The van der Waals surface area contributed by atoms with Gasteiger partial charge in [0.05, 0.1) is 11.4 Å². The summed E-state index contributed by atoms with van der Waals surface area (Å²) in [6.07, 6.45) is 0.209. The molecule has 0 saturated carbocycles. The molecule has 0 aromatic heterocycles. The fourth-order valence-corrected chi connectivity index (χ4v) is 3.42. The molecule has 4 nitrogen and oxygen atoms in total. The minimum absolute atomic E-state index is 0.209. The van der Waals surface area contributed by atoms with Crippen LogP contribution in [0.2, 0.25) is 0 Å². The van der Waals surface area contributed by atoms with Crippen LogP contribution >= 0.6 is 0 Å². The molecule has 4 heteroatoms. The zero-order valence-electron chi connectivity index (χ0n) is 14.9. The minimum Gasteiger partial charge on any atom is -0.378 e. The van der Waals surface area contributed by atoms with Gasteiger partial charge in [0.1, 0.15) is 6.17 Å². The smallest absolute Gasteiger partial charge is 0.130 e. The van der Waals surface area contributed by atoms with Gasteiger partial charge in [0.25, 0.3) is 0 Å². The van der Waals surface area contributed by atoms with E-state index in [1.807, 2.05) is 0 Å². The predicted octanol–water partition coefficient (Wildman–Crippen LogP) is 3.40. The third kappa shape index (κ3) is 2.48. The standard InChI is InChI=1S/C19H26N4/c1-20(2)14-11-12-17-18(13-14)23(6)19(22(17)5)15-9-7-8-10-16(15)21(3)4/h7-13,19H,1-6H3. The molecule has 0 radical (unpaired) electrons. The van der Waals surface area contributed by atoms with Crippen LogP contribution in [-0.4, -0.2) is 42.3 Å². The van der Waals surface area contributed by atoms with Crippen molar-refractivity contribution in [2.24, 2.45) is 0 Å². The fourth-order valence-electron chi connectivity index (χ4n) is 3.42. The first-order valence-electron chi connectivity index (χ1n) is 7.95. The van der Waals surface area contributed by atoms with E-state index in [0.29, 0.717) is 0 Å². The second-order valence-electron chi connectivity index (χ2n) is 6.62. The minimum atomic E-state index is 0.209. The van der Waals surface area contributed by atoms with Crippen LogP contribution in [0.15, 0.2) is 42.5 Å². The number of benzene rings is 2. The lowest BCUT2D eigenvalue weighted by Crippen LogP contribution is -2.32. The largest absolute Gasteiger partial charge is 0.378 e. The summed E-state index contributed by atoms with van der Waals surface area (Å²) in [4.78, 5) is 9.06. The Morgan fingerprint density at radius 2 is 1.43 bits per heavy atom. The van der Waals surface area contributed by atoms with Crippen molar-refractivity contribution >= 4 is 22.7 Å². The molecule has 0 bridgehead atoms. The molecule has 0 N–H and O–H groups in total. The Morgan fingerprint density at radius 1 is 0.783 bits per heavy atom. The lowest BCUT2D eigenvalue weighted by atomic mass is 10.1.